The van der Waals surface area contributed by atoms with Crippen LogP contribution in [0.15, 0.2) is 65.8 Å². The minimum absolute atomic E-state index is 0.116. The van der Waals surface area contributed by atoms with Gasteiger partial charge in [0, 0.05) is 12.2 Å². The summed E-state index contributed by atoms with van der Waals surface area (Å²) in [6.07, 6.45) is 1.29. The summed E-state index contributed by atoms with van der Waals surface area (Å²) in [5.41, 5.74) is 4.00. The molecular formula is C27H25ClN4O7. The Hall–Kier alpha value is -4.77. The summed E-state index contributed by atoms with van der Waals surface area (Å²) in [4.78, 5) is 36.5. The second kappa shape index (κ2) is 13.2. The van der Waals surface area contributed by atoms with E-state index in [1.54, 1.807) is 55.5 Å². The quantitative estimate of drug-likeness (QED) is 0.199. The molecule has 0 bridgehead atoms. The summed E-state index contributed by atoms with van der Waals surface area (Å²) in [6, 6.07) is 17.3. The van der Waals surface area contributed by atoms with E-state index in [4.69, 9.17) is 30.5 Å². The van der Waals surface area contributed by atoms with Crippen molar-refractivity contribution >= 4 is 41.2 Å². The van der Waals surface area contributed by atoms with Gasteiger partial charge in [-0.2, -0.15) is 5.10 Å². The van der Waals surface area contributed by atoms with Crippen molar-refractivity contribution in [1.29, 1.82) is 0 Å². The molecule has 1 aliphatic heterocycles. The zero-order chi connectivity index (χ0) is 27.6. The van der Waals surface area contributed by atoms with E-state index in [9.17, 15) is 14.4 Å². The zero-order valence-electron chi connectivity index (χ0n) is 20.9. The molecule has 4 rings (SSSR count). The lowest BCUT2D eigenvalue weighted by Gasteiger charge is -2.14. The molecule has 0 aliphatic carbocycles. The number of anilines is 1. The fourth-order valence-corrected chi connectivity index (χ4v) is 3.73. The minimum atomic E-state index is -0.951. The van der Waals surface area contributed by atoms with E-state index in [2.05, 4.69) is 21.2 Å². The average Bonchev–Trinajstić information content (AvgIpc) is 3.40. The van der Waals surface area contributed by atoms with Gasteiger partial charge >= 0.3 is 11.8 Å². The molecule has 0 atom stereocenters. The van der Waals surface area contributed by atoms with E-state index < -0.39 is 11.8 Å². The van der Waals surface area contributed by atoms with Crippen molar-refractivity contribution in [1.82, 2.24) is 10.7 Å². The fourth-order valence-electron chi connectivity index (χ4n) is 3.45. The van der Waals surface area contributed by atoms with Crippen LogP contribution in [0.3, 0.4) is 0 Å². The van der Waals surface area contributed by atoms with Gasteiger partial charge in [-0.25, -0.2) is 5.43 Å². The molecule has 3 amide bonds. The van der Waals surface area contributed by atoms with Crippen LogP contribution in [0.5, 0.6) is 23.0 Å². The molecule has 0 saturated carbocycles. The number of hydrazone groups is 1. The molecule has 0 radical (unpaired) electrons. The molecule has 3 aromatic rings. The molecule has 1 aliphatic rings. The first-order chi connectivity index (χ1) is 18.9. The molecule has 0 aromatic heterocycles. The van der Waals surface area contributed by atoms with Crippen LogP contribution in [-0.2, 0) is 20.9 Å². The highest BCUT2D eigenvalue weighted by atomic mass is 35.5. The lowest BCUT2D eigenvalue weighted by atomic mass is 10.2. The van der Waals surface area contributed by atoms with Gasteiger partial charge in [-0.05, 0) is 54.4 Å². The number of carbonyl (C=O) groups is 3. The molecule has 3 N–H and O–H groups in total. The summed E-state index contributed by atoms with van der Waals surface area (Å²) < 4.78 is 21.8. The molecule has 0 unspecified atom stereocenters. The fraction of sp³-hybridized carbons (Fsp3) is 0.185. The first kappa shape index (κ1) is 27.3. The number of ether oxygens (including phenoxy) is 4. The van der Waals surface area contributed by atoms with Crippen molar-refractivity contribution in [2.45, 2.75) is 13.5 Å². The number of fused-ring (bicyclic) bond motifs is 1. The molecule has 202 valence electrons. The van der Waals surface area contributed by atoms with Crippen molar-refractivity contribution in [2.24, 2.45) is 5.10 Å². The van der Waals surface area contributed by atoms with E-state index in [0.717, 1.165) is 5.56 Å². The van der Waals surface area contributed by atoms with E-state index in [-0.39, 0.29) is 42.4 Å². The topological polar surface area (TPSA) is 137 Å². The van der Waals surface area contributed by atoms with Gasteiger partial charge in [-0.15, -0.1) is 0 Å². The second-order valence-corrected chi connectivity index (χ2v) is 8.44. The number of nitrogens with zero attached hydrogens (tertiary/aromatic N) is 1. The van der Waals surface area contributed by atoms with Gasteiger partial charge in [0.1, 0.15) is 0 Å². The first-order valence-corrected chi connectivity index (χ1v) is 12.2. The third kappa shape index (κ3) is 7.62. The Bertz CT molecular complexity index is 1380. The largest absolute Gasteiger partial charge is 0.490 e. The molecular weight excluding hydrogens is 528 g/mol. The zero-order valence-corrected chi connectivity index (χ0v) is 21.6. The predicted molar refractivity (Wildman–Crippen MR) is 143 cm³/mol. The highest BCUT2D eigenvalue weighted by molar-refractivity contribution is 6.35. The van der Waals surface area contributed by atoms with Gasteiger partial charge in [0.15, 0.2) is 29.6 Å². The Balaban J connectivity index is 1.30. The Morgan fingerprint density at radius 3 is 2.59 bits per heavy atom. The van der Waals surface area contributed by atoms with Crippen molar-refractivity contribution in [3.63, 3.8) is 0 Å². The number of benzene rings is 3. The summed E-state index contributed by atoms with van der Waals surface area (Å²) >= 11 is 6.37. The lowest BCUT2D eigenvalue weighted by Crippen LogP contribution is -2.37. The Morgan fingerprint density at radius 2 is 1.79 bits per heavy atom. The normalized spacial score (nSPS) is 11.6. The minimum Gasteiger partial charge on any atom is -0.490 e. The van der Waals surface area contributed by atoms with Crippen LogP contribution in [0.1, 0.15) is 18.1 Å². The monoisotopic (exact) mass is 552 g/mol. The number of carbonyl (C=O) groups excluding carboxylic acids is 3. The smallest absolute Gasteiger partial charge is 0.329 e. The average molecular weight is 553 g/mol. The van der Waals surface area contributed by atoms with E-state index in [1.165, 1.54) is 12.3 Å². The third-order valence-electron chi connectivity index (χ3n) is 5.21. The van der Waals surface area contributed by atoms with Crippen LogP contribution >= 0.6 is 11.6 Å². The Kier molecular flexibility index (Phi) is 9.20. The molecule has 1 heterocycles. The van der Waals surface area contributed by atoms with Gasteiger partial charge in [-0.3, -0.25) is 14.4 Å². The maximum atomic E-state index is 12.2. The van der Waals surface area contributed by atoms with Crippen LogP contribution < -0.4 is 35.0 Å². The van der Waals surface area contributed by atoms with Crippen LogP contribution in [-0.4, -0.2) is 43.9 Å². The van der Waals surface area contributed by atoms with Gasteiger partial charge in [0.25, 0.3) is 5.91 Å². The number of para-hydroxylation sites is 1. The van der Waals surface area contributed by atoms with Gasteiger partial charge in [-0.1, -0.05) is 35.9 Å². The molecule has 0 spiro atoms. The summed E-state index contributed by atoms with van der Waals surface area (Å²) in [7, 11) is 0. The highest BCUT2D eigenvalue weighted by Crippen LogP contribution is 2.36. The third-order valence-corrected chi connectivity index (χ3v) is 5.49. The van der Waals surface area contributed by atoms with E-state index >= 15 is 0 Å². The maximum Gasteiger partial charge on any atom is 0.329 e. The van der Waals surface area contributed by atoms with Crippen molar-refractivity contribution in [3.05, 3.63) is 76.8 Å². The molecule has 12 heteroatoms. The van der Waals surface area contributed by atoms with Crippen LogP contribution in [0.4, 0.5) is 5.69 Å². The molecule has 11 nitrogen and oxygen atoms in total. The second-order valence-electron chi connectivity index (χ2n) is 8.04. The lowest BCUT2D eigenvalue weighted by molar-refractivity contribution is -0.139. The van der Waals surface area contributed by atoms with Gasteiger partial charge in [0.2, 0.25) is 6.79 Å². The number of hydrogen-bond acceptors (Lipinski definition) is 8. The molecule has 0 saturated heterocycles. The molecule has 0 fully saturated rings. The molecule has 39 heavy (non-hydrogen) atoms. The van der Waals surface area contributed by atoms with E-state index in [1.807, 2.05) is 6.07 Å². The number of rotatable bonds is 10. The summed E-state index contributed by atoms with van der Waals surface area (Å²) in [5.74, 6) is -0.518. The van der Waals surface area contributed by atoms with Crippen molar-refractivity contribution in [3.8, 4) is 23.0 Å². The molecule has 3 aromatic carbocycles. The van der Waals surface area contributed by atoms with Gasteiger partial charge in [0.05, 0.1) is 17.8 Å². The standard InChI is InChI=1S/C27H25ClN4O7/c1-2-36-23-12-18(10-20(28)25(23)37-15-24(33)31-19-6-4-3-5-7-19)14-30-32-27(35)26(34)29-13-17-8-9-21-22(11-17)39-16-38-21/h3-12,14H,2,13,15-16H2,1H3,(H,29,34)(H,31,33)(H,32,35)/b30-14-. The number of halogens is 1. The summed E-state index contributed by atoms with van der Waals surface area (Å²) in [5, 5.41) is 9.21. The van der Waals surface area contributed by atoms with Crippen LogP contribution in [0.25, 0.3) is 0 Å². The van der Waals surface area contributed by atoms with Crippen LogP contribution in [0, 0.1) is 0 Å². The van der Waals surface area contributed by atoms with E-state index in [0.29, 0.717) is 29.4 Å². The first-order valence-electron chi connectivity index (χ1n) is 11.9. The SMILES string of the molecule is CCOc1cc(/C=N\NC(=O)C(=O)NCc2ccc3c(c2)OCO3)cc(Cl)c1OCC(=O)Nc1ccccc1. The predicted octanol–water partition coefficient (Wildman–Crippen LogP) is 3.25. The number of hydrogen-bond donors (Lipinski definition) is 3. The number of amides is 3. The Morgan fingerprint density at radius 1 is 1.00 bits per heavy atom. The number of nitrogens with one attached hydrogen (secondary N) is 3. The van der Waals surface area contributed by atoms with Gasteiger partial charge < -0.3 is 29.6 Å². The van der Waals surface area contributed by atoms with Crippen LogP contribution in [0.2, 0.25) is 5.02 Å². The Labute approximate surface area is 229 Å². The maximum absolute atomic E-state index is 12.2. The van der Waals surface area contributed by atoms with Crippen molar-refractivity contribution < 1.29 is 33.3 Å². The highest BCUT2D eigenvalue weighted by Gasteiger charge is 2.17. The van der Waals surface area contributed by atoms with Crippen molar-refractivity contribution in [2.75, 3.05) is 25.3 Å². The summed E-state index contributed by atoms with van der Waals surface area (Å²) in [6.45, 7) is 2.06.